The Balaban J connectivity index is 2.37. The number of hydrogen-bond donors (Lipinski definition) is 0. The SMILES string of the molecule is CC(C)(C)OC(=O)c1cnn2ccccc12. The average molecular weight is 218 g/mol. The van der Waals surface area contributed by atoms with Gasteiger partial charge in [-0.15, -0.1) is 0 Å². The van der Waals surface area contributed by atoms with E-state index in [1.165, 1.54) is 6.20 Å². The Bertz CT molecular complexity index is 523. The fourth-order valence-electron chi connectivity index (χ4n) is 1.42. The third kappa shape index (κ3) is 2.05. The van der Waals surface area contributed by atoms with Crippen LogP contribution in [0.2, 0.25) is 0 Å². The van der Waals surface area contributed by atoms with Gasteiger partial charge < -0.3 is 4.74 Å². The molecule has 2 heterocycles. The maximum atomic E-state index is 11.9. The molecule has 0 bridgehead atoms. The number of pyridine rings is 1. The molecule has 4 nitrogen and oxygen atoms in total. The molecule has 0 aliphatic rings. The quantitative estimate of drug-likeness (QED) is 0.690. The van der Waals surface area contributed by atoms with E-state index in [2.05, 4.69) is 5.10 Å². The summed E-state index contributed by atoms with van der Waals surface area (Å²) in [6, 6.07) is 5.57. The molecule has 0 fully saturated rings. The van der Waals surface area contributed by atoms with E-state index in [9.17, 15) is 4.79 Å². The monoisotopic (exact) mass is 218 g/mol. The second-order valence-corrected chi connectivity index (χ2v) is 4.59. The summed E-state index contributed by atoms with van der Waals surface area (Å²) in [5.74, 6) is -0.339. The van der Waals surface area contributed by atoms with Crippen molar-refractivity contribution in [1.29, 1.82) is 0 Å². The van der Waals surface area contributed by atoms with Gasteiger partial charge in [0.15, 0.2) is 0 Å². The minimum atomic E-state index is -0.486. The van der Waals surface area contributed by atoms with Gasteiger partial charge in [-0.2, -0.15) is 5.10 Å². The van der Waals surface area contributed by atoms with Gasteiger partial charge in [0.1, 0.15) is 11.2 Å². The second-order valence-electron chi connectivity index (χ2n) is 4.59. The van der Waals surface area contributed by atoms with Gasteiger partial charge in [0.2, 0.25) is 0 Å². The highest BCUT2D eigenvalue weighted by molar-refractivity contribution is 5.96. The summed E-state index contributed by atoms with van der Waals surface area (Å²) in [5.41, 5.74) is 0.771. The van der Waals surface area contributed by atoms with Crippen LogP contribution >= 0.6 is 0 Å². The minimum Gasteiger partial charge on any atom is -0.456 e. The van der Waals surface area contributed by atoms with Crippen LogP contribution in [0.1, 0.15) is 31.1 Å². The number of aromatic nitrogens is 2. The van der Waals surface area contributed by atoms with Crippen molar-refractivity contribution >= 4 is 11.5 Å². The van der Waals surface area contributed by atoms with E-state index >= 15 is 0 Å². The van der Waals surface area contributed by atoms with E-state index < -0.39 is 5.60 Å². The molecule has 0 spiro atoms. The Kier molecular flexibility index (Phi) is 2.42. The first-order valence-corrected chi connectivity index (χ1v) is 5.13. The molecule has 0 aromatic carbocycles. The summed E-state index contributed by atoms with van der Waals surface area (Å²) < 4.78 is 6.95. The fourth-order valence-corrected chi connectivity index (χ4v) is 1.42. The molecular formula is C12H14N2O2. The van der Waals surface area contributed by atoms with E-state index in [4.69, 9.17) is 4.74 Å². The zero-order valence-electron chi connectivity index (χ0n) is 9.60. The molecule has 0 amide bonds. The number of ether oxygens (including phenoxy) is 1. The molecule has 2 aromatic heterocycles. The Morgan fingerprint density at radius 3 is 2.81 bits per heavy atom. The summed E-state index contributed by atoms with van der Waals surface area (Å²) in [5, 5.41) is 4.09. The van der Waals surface area contributed by atoms with Crippen LogP contribution < -0.4 is 0 Å². The molecule has 0 radical (unpaired) electrons. The van der Waals surface area contributed by atoms with E-state index in [1.807, 2.05) is 39.0 Å². The van der Waals surface area contributed by atoms with E-state index in [0.29, 0.717) is 5.56 Å². The van der Waals surface area contributed by atoms with Gasteiger partial charge in [-0.05, 0) is 32.9 Å². The molecule has 0 unspecified atom stereocenters. The fraction of sp³-hybridized carbons (Fsp3) is 0.333. The number of hydrogen-bond acceptors (Lipinski definition) is 3. The van der Waals surface area contributed by atoms with E-state index in [0.717, 1.165) is 5.52 Å². The van der Waals surface area contributed by atoms with Crippen molar-refractivity contribution in [2.75, 3.05) is 0 Å². The van der Waals surface area contributed by atoms with Crippen LogP contribution in [0, 0.1) is 0 Å². The number of esters is 1. The van der Waals surface area contributed by atoms with Crippen molar-refractivity contribution in [2.24, 2.45) is 0 Å². The van der Waals surface area contributed by atoms with Crippen LogP contribution in [0.5, 0.6) is 0 Å². The molecule has 0 aliphatic carbocycles. The molecule has 0 atom stereocenters. The van der Waals surface area contributed by atoms with Crippen LogP contribution in [0.3, 0.4) is 0 Å². The first kappa shape index (κ1) is 10.7. The van der Waals surface area contributed by atoms with E-state index in [-0.39, 0.29) is 5.97 Å². The molecule has 2 aromatic rings. The maximum absolute atomic E-state index is 11.9. The summed E-state index contributed by atoms with van der Waals surface area (Å²) in [4.78, 5) is 11.9. The molecule has 0 saturated carbocycles. The first-order valence-electron chi connectivity index (χ1n) is 5.13. The Labute approximate surface area is 93.8 Å². The Morgan fingerprint density at radius 1 is 1.38 bits per heavy atom. The van der Waals surface area contributed by atoms with Crippen LogP contribution in [0.15, 0.2) is 30.6 Å². The predicted octanol–water partition coefficient (Wildman–Crippen LogP) is 2.29. The van der Waals surface area contributed by atoms with Crippen molar-refractivity contribution in [1.82, 2.24) is 9.61 Å². The standard InChI is InChI=1S/C12H14N2O2/c1-12(2,3)16-11(15)9-8-13-14-7-5-4-6-10(9)14/h4-8H,1-3H3. The molecule has 0 saturated heterocycles. The second kappa shape index (κ2) is 3.63. The minimum absolute atomic E-state index is 0.339. The lowest BCUT2D eigenvalue weighted by atomic mass is 10.2. The summed E-state index contributed by atoms with van der Waals surface area (Å²) in [7, 11) is 0. The highest BCUT2D eigenvalue weighted by atomic mass is 16.6. The molecular weight excluding hydrogens is 204 g/mol. The van der Waals surface area contributed by atoms with Gasteiger partial charge in [-0.1, -0.05) is 6.07 Å². The lowest BCUT2D eigenvalue weighted by Gasteiger charge is -2.18. The molecule has 84 valence electrons. The Morgan fingerprint density at radius 2 is 2.12 bits per heavy atom. The van der Waals surface area contributed by atoms with Gasteiger partial charge in [-0.25, -0.2) is 9.31 Å². The third-order valence-electron chi connectivity index (χ3n) is 2.05. The normalized spacial score (nSPS) is 11.7. The predicted molar refractivity (Wildman–Crippen MR) is 60.4 cm³/mol. The van der Waals surface area contributed by atoms with Crippen LogP contribution in [0.25, 0.3) is 5.52 Å². The van der Waals surface area contributed by atoms with Crippen LogP contribution in [0.4, 0.5) is 0 Å². The summed E-state index contributed by atoms with van der Waals surface area (Å²) in [6.45, 7) is 5.53. The largest absolute Gasteiger partial charge is 0.456 e. The number of carbonyl (C=O) groups excluding carboxylic acids is 1. The van der Waals surface area contributed by atoms with Crippen molar-refractivity contribution in [2.45, 2.75) is 26.4 Å². The molecule has 0 aliphatic heterocycles. The topological polar surface area (TPSA) is 43.6 Å². The van der Waals surface area contributed by atoms with Gasteiger partial charge in [0.25, 0.3) is 0 Å². The van der Waals surface area contributed by atoms with E-state index in [1.54, 1.807) is 10.7 Å². The molecule has 4 heteroatoms. The lowest BCUT2D eigenvalue weighted by Crippen LogP contribution is -2.23. The van der Waals surface area contributed by atoms with Gasteiger partial charge >= 0.3 is 5.97 Å². The van der Waals surface area contributed by atoms with Crippen LogP contribution in [-0.2, 0) is 4.74 Å². The van der Waals surface area contributed by atoms with Crippen molar-refractivity contribution in [3.8, 4) is 0 Å². The maximum Gasteiger partial charge on any atom is 0.342 e. The summed E-state index contributed by atoms with van der Waals surface area (Å²) in [6.07, 6.45) is 3.33. The highest BCUT2D eigenvalue weighted by Crippen LogP contribution is 2.15. The third-order valence-corrected chi connectivity index (χ3v) is 2.05. The van der Waals surface area contributed by atoms with Crippen molar-refractivity contribution in [3.05, 3.63) is 36.2 Å². The highest BCUT2D eigenvalue weighted by Gasteiger charge is 2.20. The number of carbonyl (C=O) groups is 1. The number of nitrogens with zero attached hydrogens (tertiary/aromatic N) is 2. The van der Waals surface area contributed by atoms with Crippen molar-refractivity contribution < 1.29 is 9.53 Å². The van der Waals surface area contributed by atoms with Crippen molar-refractivity contribution in [3.63, 3.8) is 0 Å². The van der Waals surface area contributed by atoms with Gasteiger partial charge in [-0.3, -0.25) is 0 Å². The zero-order chi connectivity index (χ0) is 11.8. The average Bonchev–Trinajstić information content (AvgIpc) is 2.58. The van der Waals surface area contributed by atoms with Gasteiger partial charge in [0, 0.05) is 6.20 Å². The smallest absolute Gasteiger partial charge is 0.342 e. The molecule has 16 heavy (non-hydrogen) atoms. The number of fused-ring (bicyclic) bond motifs is 1. The zero-order valence-corrected chi connectivity index (χ0v) is 9.60. The van der Waals surface area contributed by atoms with Crippen LogP contribution in [-0.4, -0.2) is 21.2 Å². The Hall–Kier alpha value is -1.84. The molecule has 2 rings (SSSR count). The summed E-state index contributed by atoms with van der Waals surface area (Å²) >= 11 is 0. The molecule has 0 N–H and O–H groups in total. The lowest BCUT2D eigenvalue weighted by molar-refractivity contribution is 0.00718. The van der Waals surface area contributed by atoms with Gasteiger partial charge in [0.05, 0.1) is 11.7 Å². The number of rotatable bonds is 1. The first-order chi connectivity index (χ1) is 7.47.